The molecule has 3 fully saturated rings. The molecule has 1 heterocycles. The van der Waals surface area contributed by atoms with E-state index in [-0.39, 0.29) is 11.7 Å². The third-order valence-electron chi connectivity index (χ3n) is 3.67. The molecule has 17 heavy (non-hydrogen) atoms. The molecule has 4 atom stereocenters. The number of alkyl halides is 2. The fourth-order valence-electron chi connectivity index (χ4n) is 2.22. The minimum atomic E-state index is -3.35. The predicted molar refractivity (Wildman–Crippen MR) is 54.8 cm³/mol. The third kappa shape index (κ3) is 1.96. The molecule has 1 unspecified atom stereocenters. The van der Waals surface area contributed by atoms with E-state index in [4.69, 9.17) is 10.5 Å². The van der Waals surface area contributed by atoms with Crippen LogP contribution < -0.4 is 10.5 Å². The van der Waals surface area contributed by atoms with Crippen molar-refractivity contribution in [1.29, 1.82) is 0 Å². The monoisotopic (exact) mass is 268 g/mol. The van der Waals surface area contributed by atoms with Gasteiger partial charge in [-0.3, -0.25) is 0 Å². The Balaban J connectivity index is 1.57. The predicted octanol–water partition coefficient (Wildman–Crippen LogP) is -0.224. The van der Waals surface area contributed by atoms with Crippen LogP contribution in [0.2, 0.25) is 0 Å². The van der Waals surface area contributed by atoms with Crippen LogP contribution in [-0.4, -0.2) is 38.0 Å². The topological polar surface area (TPSA) is 84.7 Å². The molecule has 3 aliphatic rings. The average molecular weight is 268 g/mol. The van der Waals surface area contributed by atoms with E-state index in [1.54, 1.807) is 0 Å². The van der Waals surface area contributed by atoms with Crippen molar-refractivity contribution in [2.45, 2.75) is 48.8 Å². The molecule has 0 bridgehead atoms. The maximum atomic E-state index is 12.4. The maximum absolute atomic E-state index is 12.4. The number of hydrogen-bond donors (Lipinski definition) is 2. The van der Waals surface area contributed by atoms with Crippen LogP contribution in [-0.2, 0) is 14.8 Å². The third-order valence-corrected chi connectivity index (χ3v) is 5.58. The molecule has 2 saturated carbocycles. The lowest BCUT2D eigenvalue weighted by atomic mass is 10.1. The number of hydrogen-bond acceptors (Lipinski definition) is 4. The summed E-state index contributed by atoms with van der Waals surface area (Å²) in [4.78, 5) is 0. The Morgan fingerprint density at radius 3 is 2.53 bits per heavy atom. The molecule has 1 saturated heterocycles. The highest BCUT2D eigenvalue weighted by atomic mass is 32.2. The van der Waals surface area contributed by atoms with Gasteiger partial charge in [0.15, 0.2) is 0 Å². The summed E-state index contributed by atoms with van der Waals surface area (Å²) < 4.78 is 55.5. The SMILES string of the molecule is N[C@]1(C2O[C@H]2NS(=O)(=O)C2CC2)C[C@H]1C(F)F. The van der Waals surface area contributed by atoms with E-state index in [0.717, 1.165) is 0 Å². The van der Waals surface area contributed by atoms with Gasteiger partial charge in [0.25, 0.3) is 0 Å². The highest BCUT2D eigenvalue weighted by Crippen LogP contribution is 2.54. The van der Waals surface area contributed by atoms with Gasteiger partial charge in [0, 0.05) is 5.92 Å². The zero-order chi connectivity index (χ0) is 12.4. The first kappa shape index (κ1) is 11.8. The minimum absolute atomic E-state index is 0.191. The summed E-state index contributed by atoms with van der Waals surface area (Å²) >= 11 is 0. The zero-order valence-electron chi connectivity index (χ0n) is 8.97. The molecule has 5 nitrogen and oxygen atoms in total. The van der Waals surface area contributed by atoms with Crippen LogP contribution in [0.5, 0.6) is 0 Å². The molecule has 98 valence electrons. The summed E-state index contributed by atoms with van der Waals surface area (Å²) in [5.74, 6) is -0.872. The van der Waals surface area contributed by atoms with Crippen molar-refractivity contribution in [3.05, 3.63) is 0 Å². The van der Waals surface area contributed by atoms with Gasteiger partial charge in [-0.1, -0.05) is 0 Å². The van der Waals surface area contributed by atoms with Crippen molar-refractivity contribution in [3.63, 3.8) is 0 Å². The fourth-order valence-corrected chi connectivity index (χ4v) is 3.67. The first-order chi connectivity index (χ1) is 7.84. The Kier molecular flexibility index (Phi) is 2.33. The molecule has 0 amide bonds. The number of sulfonamides is 1. The molecule has 3 N–H and O–H groups in total. The van der Waals surface area contributed by atoms with Gasteiger partial charge in [-0.15, -0.1) is 0 Å². The van der Waals surface area contributed by atoms with Crippen LogP contribution in [0.25, 0.3) is 0 Å². The molecule has 0 radical (unpaired) electrons. The molecular formula is C9H14F2N2O3S. The summed E-state index contributed by atoms with van der Waals surface area (Å²) in [6, 6.07) is 0. The summed E-state index contributed by atoms with van der Waals surface area (Å²) in [7, 11) is -3.35. The largest absolute Gasteiger partial charge is 0.350 e. The molecule has 0 spiro atoms. The van der Waals surface area contributed by atoms with Crippen molar-refractivity contribution in [1.82, 2.24) is 4.72 Å². The molecule has 0 aromatic rings. The summed E-state index contributed by atoms with van der Waals surface area (Å²) in [6.07, 6.45) is -2.29. The molecule has 1 aliphatic heterocycles. The minimum Gasteiger partial charge on any atom is -0.350 e. The van der Waals surface area contributed by atoms with Gasteiger partial charge in [0.1, 0.15) is 12.3 Å². The second-order valence-corrected chi connectivity index (χ2v) is 7.09. The summed E-state index contributed by atoms with van der Waals surface area (Å²) in [5.41, 5.74) is 4.71. The lowest BCUT2D eigenvalue weighted by Gasteiger charge is -2.07. The van der Waals surface area contributed by atoms with Crippen LogP contribution in [0.1, 0.15) is 19.3 Å². The number of nitrogens with one attached hydrogen (secondary N) is 1. The van der Waals surface area contributed by atoms with Crippen molar-refractivity contribution >= 4 is 10.0 Å². The lowest BCUT2D eigenvalue weighted by Crippen LogP contribution is -2.39. The first-order valence-electron chi connectivity index (χ1n) is 5.58. The van der Waals surface area contributed by atoms with Gasteiger partial charge >= 0.3 is 0 Å². The summed E-state index contributed by atoms with van der Waals surface area (Å²) in [6.45, 7) is 0. The fraction of sp³-hybridized carbons (Fsp3) is 1.00. The van der Waals surface area contributed by atoms with Crippen molar-refractivity contribution in [2.24, 2.45) is 11.7 Å². The second kappa shape index (κ2) is 3.37. The van der Waals surface area contributed by atoms with Gasteiger partial charge in [-0.05, 0) is 19.3 Å². The smallest absolute Gasteiger partial charge is 0.243 e. The number of halogens is 2. The van der Waals surface area contributed by atoms with Crippen molar-refractivity contribution in [3.8, 4) is 0 Å². The van der Waals surface area contributed by atoms with Gasteiger partial charge in [-0.25, -0.2) is 17.2 Å². The number of rotatable bonds is 5. The average Bonchev–Trinajstić information content (AvgIpc) is 3.05. The van der Waals surface area contributed by atoms with Crippen LogP contribution in [0.15, 0.2) is 0 Å². The van der Waals surface area contributed by atoms with E-state index in [0.29, 0.717) is 12.8 Å². The van der Waals surface area contributed by atoms with Crippen molar-refractivity contribution in [2.75, 3.05) is 0 Å². The van der Waals surface area contributed by atoms with Crippen LogP contribution in [0.4, 0.5) is 8.78 Å². The number of epoxide rings is 1. The maximum Gasteiger partial charge on any atom is 0.243 e. The van der Waals surface area contributed by atoms with Crippen molar-refractivity contribution < 1.29 is 21.9 Å². The van der Waals surface area contributed by atoms with E-state index in [1.165, 1.54) is 0 Å². The zero-order valence-corrected chi connectivity index (χ0v) is 9.79. The molecule has 3 rings (SSSR count). The Morgan fingerprint density at radius 1 is 1.41 bits per heavy atom. The quantitative estimate of drug-likeness (QED) is 0.675. The van der Waals surface area contributed by atoms with Gasteiger partial charge in [0.2, 0.25) is 16.4 Å². The highest BCUT2D eigenvalue weighted by molar-refractivity contribution is 7.90. The highest BCUT2D eigenvalue weighted by Gasteiger charge is 2.69. The van der Waals surface area contributed by atoms with E-state index >= 15 is 0 Å². The van der Waals surface area contributed by atoms with Gasteiger partial charge in [-0.2, -0.15) is 4.72 Å². The Labute approximate surface area is 97.7 Å². The first-order valence-corrected chi connectivity index (χ1v) is 7.13. The number of ether oxygens (including phenoxy) is 1. The molecule has 8 heteroatoms. The normalized spacial score (nSPS) is 45.1. The van der Waals surface area contributed by atoms with Gasteiger partial charge < -0.3 is 10.5 Å². The second-order valence-electron chi connectivity index (χ2n) is 5.10. The van der Waals surface area contributed by atoms with Crippen LogP contribution >= 0.6 is 0 Å². The van der Waals surface area contributed by atoms with E-state index in [2.05, 4.69) is 4.72 Å². The molecular weight excluding hydrogens is 254 g/mol. The van der Waals surface area contributed by atoms with E-state index < -0.39 is 40.2 Å². The lowest BCUT2D eigenvalue weighted by molar-refractivity contribution is 0.109. The van der Waals surface area contributed by atoms with Crippen LogP contribution in [0, 0.1) is 5.92 Å². The summed E-state index contributed by atoms with van der Waals surface area (Å²) in [5, 5.41) is -0.342. The van der Waals surface area contributed by atoms with E-state index in [9.17, 15) is 17.2 Å². The Morgan fingerprint density at radius 2 is 2.06 bits per heavy atom. The molecule has 2 aliphatic carbocycles. The standard InChI is InChI=1S/C9H14F2N2O3S/c10-7(11)5-3-9(5,12)6-8(16-6)13-17(14,15)4-1-2-4/h4-8,13H,1-3,12H2/t5-,6?,8+,9+/m0/s1. The number of nitrogens with two attached hydrogens (primary N) is 1. The Bertz CT molecular complexity index is 440. The van der Waals surface area contributed by atoms with Crippen LogP contribution in [0.3, 0.4) is 0 Å². The molecule has 0 aromatic heterocycles. The molecule has 0 aromatic carbocycles. The van der Waals surface area contributed by atoms with Gasteiger partial charge in [0.05, 0.1) is 10.8 Å². The Hall–Kier alpha value is -0.310. The van der Waals surface area contributed by atoms with E-state index in [1.807, 2.05) is 0 Å².